The molecule has 2 aromatic heterocycles. The number of imide groups is 1. The van der Waals surface area contributed by atoms with Gasteiger partial charge in [0, 0.05) is 25.6 Å². The van der Waals surface area contributed by atoms with E-state index in [-0.39, 0.29) is 36.6 Å². The third kappa shape index (κ3) is 3.18. The maximum Gasteiger partial charge on any atom is 0.233 e. The van der Waals surface area contributed by atoms with Crippen LogP contribution >= 0.6 is 0 Å². The highest BCUT2D eigenvalue weighted by molar-refractivity contribution is 6.03. The predicted molar refractivity (Wildman–Crippen MR) is 81.2 cm³/mol. The summed E-state index contributed by atoms with van der Waals surface area (Å²) in [5, 5.41) is 4.09. The lowest BCUT2D eigenvalue weighted by Gasteiger charge is -2.12. The summed E-state index contributed by atoms with van der Waals surface area (Å²) in [6.45, 7) is 4.11. The molecule has 0 aromatic carbocycles. The number of oxazole rings is 1. The number of aromatic nitrogens is 3. The van der Waals surface area contributed by atoms with Crippen molar-refractivity contribution in [2.24, 2.45) is 13.0 Å². The normalized spacial score (nSPS) is 18.4. The lowest BCUT2D eigenvalue weighted by atomic mass is 10.0. The Morgan fingerprint density at radius 3 is 2.74 bits per heavy atom. The van der Waals surface area contributed by atoms with Crippen molar-refractivity contribution in [1.82, 2.24) is 19.7 Å². The van der Waals surface area contributed by atoms with Crippen LogP contribution in [0.4, 0.5) is 0 Å². The monoisotopic (exact) mass is 316 g/mol. The molecule has 2 aromatic rings. The van der Waals surface area contributed by atoms with Crippen LogP contribution in [0.3, 0.4) is 0 Å². The van der Waals surface area contributed by atoms with Crippen molar-refractivity contribution in [2.75, 3.05) is 0 Å². The summed E-state index contributed by atoms with van der Waals surface area (Å²) in [6.07, 6.45) is 5.99. The standard InChI is InChI=1S/C16H20N4O3/c1-10(2)13-7-17-14(23-13)9-20-15(21)5-12(16(20)22)4-11-6-18-19(3)8-11/h6-8,10,12H,4-5,9H2,1-3H3. The minimum atomic E-state index is -0.328. The number of rotatable bonds is 5. The van der Waals surface area contributed by atoms with Gasteiger partial charge in [-0.05, 0) is 12.0 Å². The first kappa shape index (κ1) is 15.5. The fourth-order valence-electron chi connectivity index (χ4n) is 2.74. The maximum absolute atomic E-state index is 12.5. The van der Waals surface area contributed by atoms with Crippen LogP contribution in [0.15, 0.2) is 23.0 Å². The van der Waals surface area contributed by atoms with E-state index >= 15 is 0 Å². The lowest BCUT2D eigenvalue weighted by molar-refractivity contribution is -0.140. The number of carbonyl (C=O) groups excluding carboxylic acids is 2. The minimum Gasteiger partial charge on any atom is -0.443 e. The fraction of sp³-hybridized carbons (Fsp3) is 0.500. The van der Waals surface area contributed by atoms with E-state index in [4.69, 9.17) is 4.42 Å². The van der Waals surface area contributed by atoms with Crippen LogP contribution < -0.4 is 0 Å². The van der Waals surface area contributed by atoms with E-state index in [9.17, 15) is 9.59 Å². The quantitative estimate of drug-likeness (QED) is 0.783. The van der Waals surface area contributed by atoms with Gasteiger partial charge in [-0.15, -0.1) is 0 Å². The molecule has 1 saturated heterocycles. The minimum absolute atomic E-state index is 0.105. The number of hydrogen-bond donors (Lipinski definition) is 0. The zero-order valence-electron chi connectivity index (χ0n) is 13.5. The highest BCUT2D eigenvalue weighted by Crippen LogP contribution is 2.25. The summed E-state index contributed by atoms with van der Waals surface area (Å²) in [4.78, 5) is 30.0. The molecule has 122 valence electrons. The first-order valence-corrected chi connectivity index (χ1v) is 7.70. The number of likely N-dealkylation sites (tertiary alicyclic amines) is 1. The van der Waals surface area contributed by atoms with Crippen LogP contribution in [0.25, 0.3) is 0 Å². The summed E-state index contributed by atoms with van der Waals surface area (Å²) in [6, 6.07) is 0. The average Bonchev–Trinajstić information content (AvgIpc) is 3.17. The average molecular weight is 316 g/mol. The van der Waals surface area contributed by atoms with Crippen LogP contribution in [0.2, 0.25) is 0 Å². The van der Waals surface area contributed by atoms with Crippen molar-refractivity contribution in [3.63, 3.8) is 0 Å². The molecule has 0 bridgehead atoms. The van der Waals surface area contributed by atoms with Gasteiger partial charge in [-0.1, -0.05) is 13.8 Å². The van der Waals surface area contributed by atoms with Gasteiger partial charge >= 0.3 is 0 Å². The number of carbonyl (C=O) groups is 2. The molecule has 1 aliphatic rings. The molecule has 2 amide bonds. The smallest absolute Gasteiger partial charge is 0.233 e. The molecule has 7 nitrogen and oxygen atoms in total. The van der Waals surface area contributed by atoms with Crippen molar-refractivity contribution >= 4 is 11.8 Å². The Labute approximate surface area is 134 Å². The van der Waals surface area contributed by atoms with Crippen LogP contribution in [0.1, 0.15) is 43.4 Å². The Morgan fingerprint density at radius 1 is 1.35 bits per heavy atom. The number of nitrogens with zero attached hydrogens (tertiary/aromatic N) is 4. The van der Waals surface area contributed by atoms with Gasteiger partial charge in [0.05, 0.1) is 18.3 Å². The van der Waals surface area contributed by atoms with E-state index in [1.165, 1.54) is 4.90 Å². The first-order chi connectivity index (χ1) is 10.9. The molecule has 0 aliphatic carbocycles. The van der Waals surface area contributed by atoms with Crippen molar-refractivity contribution in [1.29, 1.82) is 0 Å². The second kappa shape index (κ2) is 5.98. The zero-order chi connectivity index (χ0) is 16.6. The van der Waals surface area contributed by atoms with E-state index in [0.717, 1.165) is 11.3 Å². The predicted octanol–water partition coefficient (Wildman–Crippen LogP) is 1.65. The number of amides is 2. The maximum atomic E-state index is 12.5. The van der Waals surface area contributed by atoms with Crippen LogP contribution in [-0.2, 0) is 29.6 Å². The molecule has 0 radical (unpaired) electrons. The van der Waals surface area contributed by atoms with Crippen molar-refractivity contribution in [2.45, 2.75) is 39.2 Å². The van der Waals surface area contributed by atoms with Gasteiger partial charge < -0.3 is 4.42 Å². The van der Waals surface area contributed by atoms with E-state index < -0.39 is 0 Å². The van der Waals surface area contributed by atoms with Gasteiger partial charge in [0.1, 0.15) is 12.3 Å². The van der Waals surface area contributed by atoms with Gasteiger partial charge in [0.2, 0.25) is 17.7 Å². The molecule has 3 heterocycles. The SMILES string of the molecule is CC(C)c1cnc(CN2C(=O)CC(Cc3cnn(C)c3)C2=O)o1. The van der Waals surface area contributed by atoms with E-state index in [0.29, 0.717) is 12.3 Å². The largest absolute Gasteiger partial charge is 0.443 e. The number of hydrogen-bond acceptors (Lipinski definition) is 5. The van der Waals surface area contributed by atoms with Crippen molar-refractivity contribution in [3.05, 3.63) is 35.8 Å². The molecular formula is C16H20N4O3. The molecule has 1 unspecified atom stereocenters. The van der Waals surface area contributed by atoms with Gasteiger partial charge in [0.25, 0.3) is 0 Å². The molecule has 0 spiro atoms. The van der Waals surface area contributed by atoms with Crippen molar-refractivity contribution < 1.29 is 14.0 Å². The number of aryl methyl sites for hydroxylation is 1. The summed E-state index contributed by atoms with van der Waals surface area (Å²) in [5.74, 6) is 0.713. The first-order valence-electron chi connectivity index (χ1n) is 7.70. The topological polar surface area (TPSA) is 81.2 Å². The fourth-order valence-corrected chi connectivity index (χ4v) is 2.74. The van der Waals surface area contributed by atoms with E-state index in [1.807, 2.05) is 27.1 Å². The van der Waals surface area contributed by atoms with E-state index in [1.54, 1.807) is 17.1 Å². The molecule has 1 aliphatic heterocycles. The highest BCUT2D eigenvalue weighted by Gasteiger charge is 2.39. The van der Waals surface area contributed by atoms with Crippen molar-refractivity contribution in [3.8, 4) is 0 Å². The van der Waals surface area contributed by atoms with Gasteiger partial charge in [0.15, 0.2) is 0 Å². The van der Waals surface area contributed by atoms with Crippen LogP contribution in [-0.4, -0.2) is 31.5 Å². The van der Waals surface area contributed by atoms with Gasteiger partial charge in [-0.3, -0.25) is 19.2 Å². The van der Waals surface area contributed by atoms with Crippen LogP contribution in [0.5, 0.6) is 0 Å². The Balaban J connectivity index is 1.68. The molecule has 0 N–H and O–H groups in total. The van der Waals surface area contributed by atoms with Gasteiger partial charge in [-0.2, -0.15) is 5.10 Å². The third-order valence-electron chi connectivity index (χ3n) is 4.01. The second-order valence-corrected chi connectivity index (χ2v) is 6.26. The highest BCUT2D eigenvalue weighted by atomic mass is 16.4. The third-order valence-corrected chi connectivity index (χ3v) is 4.01. The molecule has 7 heteroatoms. The van der Waals surface area contributed by atoms with Gasteiger partial charge in [-0.25, -0.2) is 4.98 Å². The molecule has 1 fully saturated rings. The lowest BCUT2D eigenvalue weighted by Crippen LogP contribution is -2.30. The Morgan fingerprint density at radius 2 is 2.13 bits per heavy atom. The molecule has 3 rings (SSSR count). The van der Waals surface area contributed by atoms with Crippen LogP contribution in [0, 0.1) is 5.92 Å². The summed E-state index contributed by atoms with van der Waals surface area (Å²) < 4.78 is 7.28. The molecule has 1 atom stereocenters. The molecule has 23 heavy (non-hydrogen) atoms. The summed E-state index contributed by atoms with van der Waals surface area (Å²) >= 11 is 0. The molecular weight excluding hydrogens is 296 g/mol. The summed E-state index contributed by atoms with van der Waals surface area (Å²) in [7, 11) is 1.83. The Bertz CT molecular complexity index is 731. The summed E-state index contributed by atoms with van der Waals surface area (Å²) in [5.41, 5.74) is 0.957. The zero-order valence-corrected chi connectivity index (χ0v) is 13.5. The molecule has 0 saturated carbocycles. The van der Waals surface area contributed by atoms with E-state index in [2.05, 4.69) is 10.1 Å². The Hall–Kier alpha value is -2.44. The Kier molecular flexibility index (Phi) is 4.02. The second-order valence-electron chi connectivity index (χ2n) is 6.26.